The number of rotatable bonds is 53. The van der Waals surface area contributed by atoms with Gasteiger partial charge in [0.15, 0.2) is 12.2 Å². The molecule has 0 unspecified atom stereocenters. The second-order valence-electron chi connectivity index (χ2n) is 19.9. The summed E-state index contributed by atoms with van der Waals surface area (Å²) in [5.41, 5.74) is 0. The van der Waals surface area contributed by atoms with Crippen molar-refractivity contribution >= 4 is 17.9 Å². The number of hydrogen-bond acceptors (Lipinski definition) is 9. The van der Waals surface area contributed by atoms with Crippen LogP contribution in [0.2, 0.25) is 0 Å². The van der Waals surface area contributed by atoms with Crippen LogP contribution in [-0.4, -0.2) is 70.9 Å². The highest BCUT2D eigenvalue weighted by Gasteiger charge is 2.39. The van der Waals surface area contributed by atoms with Gasteiger partial charge in [0.05, 0.1) is 6.61 Å². The normalized spacial score (nSPS) is 13.7. The molecular formula is C60H110O9. The zero-order valence-corrected chi connectivity index (χ0v) is 45.2. The zero-order valence-electron chi connectivity index (χ0n) is 45.2. The Balaban J connectivity index is 5.04. The Morgan fingerprint density at radius 2 is 0.652 bits per heavy atom. The van der Waals surface area contributed by atoms with E-state index in [4.69, 9.17) is 14.2 Å². The predicted molar refractivity (Wildman–Crippen MR) is 288 cm³/mol. The average Bonchev–Trinajstić information content (AvgIpc) is 3.35. The summed E-state index contributed by atoms with van der Waals surface area (Å²) in [5, 5.41) is 31.3. The van der Waals surface area contributed by atoms with Gasteiger partial charge < -0.3 is 29.5 Å². The molecule has 0 aromatic rings. The number of ether oxygens (including phenoxy) is 3. The van der Waals surface area contributed by atoms with Crippen LogP contribution in [0.3, 0.4) is 0 Å². The molecule has 69 heavy (non-hydrogen) atoms. The largest absolute Gasteiger partial charge is 0.462 e. The first-order valence-electron chi connectivity index (χ1n) is 29.3. The minimum Gasteiger partial charge on any atom is -0.462 e. The molecule has 0 aliphatic rings. The Kier molecular flexibility index (Phi) is 51.4. The highest BCUT2D eigenvalue weighted by atomic mass is 16.6. The molecule has 0 aliphatic heterocycles. The third-order valence-electron chi connectivity index (χ3n) is 13.2. The minimum atomic E-state index is -1.77. The van der Waals surface area contributed by atoms with Gasteiger partial charge in [0.1, 0.15) is 18.8 Å². The Labute approximate surface area is 424 Å². The van der Waals surface area contributed by atoms with Crippen molar-refractivity contribution in [3.05, 3.63) is 36.5 Å². The topological polar surface area (TPSA) is 140 Å². The first-order chi connectivity index (χ1) is 33.8. The molecule has 0 saturated carbocycles. The van der Waals surface area contributed by atoms with E-state index in [9.17, 15) is 29.7 Å². The molecule has 0 rings (SSSR count). The fraction of sp³-hybridized carbons (Fsp3) is 0.850. The number of aliphatic hydroxyl groups excluding tert-OH is 3. The van der Waals surface area contributed by atoms with Gasteiger partial charge in [0.25, 0.3) is 0 Å². The van der Waals surface area contributed by atoms with Crippen LogP contribution in [0.4, 0.5) is 0 Å². The van der Waals surface area contributed by atoms with Crippen molar-refractivity contribution in [2.24, 2.45) is 0 Å². The molecule has 9 nitrogen and oxygen atoms in total. The minimum absolute atomic E-state index is 0.0848. The van der Waals surface area contributed by atoms with E-state index in [1.54, 1.807) is 0 Å². The maximum atomic E-state index is 13.2. The van der Waals surface area contributed by atoms with Crippen molar-refractivity contribution in [3.8, 4) is 0 Å². The lowest BCUT2D eigenvalue weighted by molar-refractivity contribution is -0.193. The lowest BCUT2D eigenvalue weighted by atomic mass is 10.0. The summed E-state index contributed by atoms with van der Waals surface area (Å²) in [6.45, 7) is 5.50. The maximum absolute atomic E-state index is 13.2. The van der Waals surface area contributed by atoms with E-state index < -0.39 is 55.5 Å². The third kappa shape index (κ3) is 46.3. The van der Waals surface area contributed by atoms with Crippen molar-refractivity contribution in [1.29, 1.82) is 0 Å². The molecule has 0 fully saturated rings. The molecule has 0 saturated heterocycles. The summed E-state index contributed by atoms with van der Waals surface area (Å²) in [7, 11) is 0. The zero-order chi connectivity index (χ0) is 50.5. The number of hydrogen-bond donors (Lipinski definition) is 3. The van der Waals surface area contributed by atoms with Crippen LogP contribution in [-0.2, 0) is 28.6 Å². The third-order valence-corrected chi connectivity index (χ3v) is 13.2. The Morgan fingerprint density at radius 3 is 0.971 bits per heavy atom. The second-order valence-corrected chi connectivity index (χ2v) is 19.9. The molecule has 0 heterocycles. The van der Waals surface area contributed by atoms with Gasteiger partial charge in [0.2, 0.25) is 0 Å². The van der Waals surface area contributed by atoms with Gasteiger partial charge in [-0.15, -0.1) is 0 Å². The van der Waals surface area contributed by atoms with Gasteiger partial charge in [-0.1, -0.05) is 211 Å². The van der Waals surface area contributed by atoms with E-state index in [1.165, 1.54) is 116 Å². The molecule has 9 heteroatoms. The van der Waals surface area contributed by atoms with Crippen molar-refractivity contribution in [2.45, 2.75) is 315 Å². The van der Waals surface area contributed by atoms with E-state index in [0.29, 0.717) is 19.3 Å². The number of aliphatic hydroxyl groups is 3. The van der Waals surface area contributed by atoms with Crippen molar-refractivity contribution in [3.63, 3.8) is 0 Å². The standard InChI is InChI=1S/C60H110O9/c1-4-7-10-13-16-19-22-25-28-31-34-37-40-43-46-49-56(63)67-53-55(68-57(64)50-47-44-41-38-35-32-29-26-23-20-17-14-11-8-5-2)60(59(66)54(62)52-61)69-58(65)51-48-45-42-39-36-33-30-27-24-21-18-15-12-9-6-3/h25-30,54-55,59-62,66H,4-24,31-53H2,1-3H3/t54-,55-,59-,60-/m1/s1. The van der Waals surface area contributed by atoms with Gasteiger partial charge in [-0.25, -0.2) is 0 Å². The van der Waals surface area contributed by atoms with Crippen LogP contribution in [0.25, 0.3) is 0 Å². The molecule has 0 aliphatic carbocycles. The summed E-state index contributed by atoms with van der Waals surface area (Å²) in [4.78, 5) is 39.3. The van der Waals surface area contributed by atoms with Crippen LogP contribution >= 0.6 is 0 Å². The fourth-order valence-corrected chi connectivity index (χ4v) is 8.59. The molecule has 0 aromatic carbocycles. The first kappa shape index (κ1) is 66.5. The molecule has 0 bridgehead atoms. The number of carbonyl (C=O) groups excluding carboxylic acids is 3. The first-order valence-corrected chi connectivity index (χ1v) is 29.3. The van der Waals surface area contributed by atoms with E-state index in [1.807, 2.05) is 0 Å². The Hall–Kier alpha value is -2.49. The number of unbranched alkanes of at least 4 members (excludes halogenated alkanes) is 33. The summed E-state index contributed by atoms with van der Waals surface area (Å²) in [6.07, 6.45) is 52.2. The molecular weight excluding hydrogens is 865 g/mol. The maximum Gasteiger partial charge on any atom is 0.306 e. The van der Waals surface area contributed by atoms with Crippen molar-refractivity contribution < 1.29 is 43.9 Å². The number of carbonyl (C=O) groups is 3. The monoisotopic (exact) mass is 975 g/mol. The van der Waals surface area contributed by atoms with Gasteiger partial charge in [-0.3, -0.25) is 14.4 Å². The van der Waals surface area contributed by atoms with E-state index >= 15 is 0 Å². The number of allylic oxidation sites excluding steroid dienone is 6. The molecule has 0 spiro atoms. The lowest BCUT2D eigenvalue weighted by Crippen LogP contribution is -2.51. The quantitative estimate of drug-likeness (QED) is 0.0235. The van der Waals surface area contributed by atoms with Gasteiger partial charge in [-0.05, 0) is 96.3 Å². The highest BCUT2D eigenvalue weighted by molar-refractivity contribution is 5.71. The second kappa shape index (κ2) is 53.3. The summed E-state index contributed by atoms with van der Waals surface area (Å²) >= 11 is 0. The van der Waals surface area contributed by atoms with Crippen LogP contribution in [0.15, 0.2) is 36.5 Å². The molecule has 0 radical (unpaired) electrons. The summed E-state index contributed by atoms with van der Waals surface area (Å²) in [5.74, 6) is -1.64. The molecule has 0 amide bonds. The van der Waals surface area contributed by atoms with E-state index in [0.717, 1.165) is 116 Å². The predicted octanol–water partition coefficient (Wildman–Crippen LogP) is 16.2. The molecule has 404 valence electrons. The Bertz CT molecular complexity index is 1210. The average molecular weight is 976 g/mol. The van der Waals surface area contributed by atoms with Crippen LogP contribution in [0.5, 0.6) is 0 Å². The molecule has 0 aromatic heterocycles. The number of esters is 3. The highest BCUT2D eigenvalue weighted by Crippen LogP contribution is 2.20. The van der Waals surface area contributed by atoms with E-state index in [2.05, 4.69) is 57.2 Å². The van der Waals surface area contributed by atoms with Gasteiger partial charge in [-0.2, -0.15) is 0 Å². The van der Waals surface area contributed by atoms with Crippen LogP contribution in [0.1, 0.15) is 290 Å². The van der Waals surface area contributed by atoms with Crippen LogP contribution in [0, 0.1) is 0 Å². The van der Waals surface area contributed by atoms with Crippen molar-refractivity contribution in [1.82, 2.24) is 0 Å². The summed E-state index contributed by atoms with van der Waals surface area (Å²) in [6, 6.07) is 0. The van der Waals surface area contributed by atoms with Crippen LogP contribution < -0.4 is 0 Å². The molecule has 4 atom stereocenters. The molecule has 3 N–H and O–H groups in total. The van der Waals surface area contributed by atoms with Gasteiger partial charge >= 0.3 is 17.9 Å². The fourth-order valence-electron chi connectivity index (χ4n) is 8.59. The Morgan fingerprint density at radius 1 is 0.377 bits per heavy atom. The SMILES string of the molecule is CCCCCCCCC=CCCCCCCCC(=O)OC[C@@H](OC(=O)CCCCCCCC=CCCCCCCCC)[C@@H](OC(=O)CCCCCCCC=CCCCCCCCC)[C@H](O)[C@H](O)CO. The van der Waals surface area contributed by atoms with E-state index in [-0.39, 0.29) is 19.3 Å². The smallest absolute Gasteiger partial charge is 0.306 e. The lowest BCUT2D eigenvalue weighted by Gasteiger charge is -2.31. The van der Waals surface area contributed by atoms with Gasteiger partial charge in [0, 0.05) is 19.3 Å². The summed E-state index contributed by atoms with van der Waals surface area (Å²) < 4.78 is 17.1. The van der Waals surface area contributed by atoms with Crippen molar-refractivity contribution in [2.75, 3.05) is 13.2 Å².